The number of rotatable bonds is 5. The summed E-state index contributed by atoms with van der Waals surface area (Å²) in [6.07, 6.45) is 6.20. The molecule has 4 heteroatoms. The number of carbonyl (C=O) groups excluding carboxylic acids is 1. The van der Waals surface area contributed by atoms with Gasteiger partial charge in [-0.2, -0.15) is 0 Å². The molecule has 0 aliphatic heterocycles. The summed E-state index contributed by atoms with van der Waals surface area (Å²) in [5.74, 6) is 0.894. The van der Waals surface area contributed by atoms with E-state index >= 15 is 0 Å². The van der Waals surface area contributed by atoms with Crippen molar-refractivity contribution in [3.05, 3.63) is 47.5 Å². The van der Waals surface area contributed by atoms with E-state index in [0.29, 0.717) is 12.6 Å². The topological polar surface area (TPSA) is 44.1 Å². The van der Waals surface area contributed by atoms with Gasteiger partial charge < -0.3 is 9.30 Å². The first-order valence-electron chi connectivity index (χ1n) is 6.90. The molecule has 3 rings (SSSR count). The maximum absolute atomic E-state index is 11.3. The van der Waals surface area contributed by atoms with E-state index in [0.717, 1.165) is 22.6 Å². The van der Waals surface area contributed by atoms with E-state index in [2.05, 4.69) is 9.55 Å². The van der Waals surface area contributed by atoms with Crippen LogP contribution in [0.4, 0.5) is 0 Å². The Hall–Kier alpha value is -2.10. The maximum Gasteiger partial charge on any atom is 0.159 e. The number of ketones is 1. The van der Waals surface area contributed by atoms with Gasteiger partial charge in [-0.15, -0.1) is 0 Å². The fourth-order valence-electron chi connectivity index (χ4n) is 2.31. The maximum atomic E-state index is 11.3. The Bertz CT molecular complexity index is 642. The molecule has 0 atom stereocenters. The van der Waals surface area contributed by atoms with Gasteiger partial charge in [-0.1, -0.05) is 0 Å². The summed E-state index contributed by atoms with van der Waals surface area (Å²) >= 11 is 0. The van der Waals surface area contributed by atoms with Gasteiger partial charge in [0, 0.05) is 11.6 Å². The molecule has 104 valence electrons. The van der Waals surface area contributed by atoms with Crippen molar-refractivity contribution >= 4 is 5.78 Å². The molecule has 1 aliphatic carbocycles. The van der Waals surface area contributed by atoms with Crippen LogP contribution in [0.15, 0.2) is 30.7 Å². The molecule has 1 aromatic carbocycles. The van der Waals surface area contributed by atoms with E-state index in [1.807, 2.05) is 37.6 Å². The molecule has 1 aliphatic rings. The molecule has 0 amide bonds. The van der Waals surface area contributed by atoms with Crippen molar-refractivity contribution in [2.45, 2.75) is 39.3 Å². The molecular formula is C16H18N2O2. The molecule has 4 nitrogen and oxygen atoms in total. The third-order valence-corrected chi connectivity index (χ3v) is 3.64. The summed E-state index contributed by atoms with van der Waals surface area (Å²) in [4.78, 5) is 15.5. The summed E-state index contributed by atoms with van der Waals surface area (Å²) in [7, 11) is 0. The lowest BCUT2D eigenvalue weighted by Gasteiger charge is -2.11. The summed E-state index contributed by atoms with van der Waals surface area (Å²) < 4.78 is 8.06. The van der Waals surface area contributed by atoms with Crippen molar-refractivity contribution in [2.24, 2.45) is 0 Å². The number of imidazole rings is 1. The van der Waals surface area contributed by atoms with Gasteiger partial charge >= 0.3 is 0 Å². The fraction of sp³-hybridized carbons (Fsp3) is 0.375. The van der Waals surface area contributed by atoms with E-state index in [1.165, 1.54) is 12.8 Å². The zero-order chi connectivity index (χ0) is 14.1. The SMILES string of the molecule is CC(=O)c1ccc(OCc2cncn2C2CC2)c(C)c1. The van der Waals surface area contributed by atoms with E-state index in [4.69, 9.17) is 4.74 Å². The van der Waals surface area contributed by atoms with Crippen molar-refractivity contribution in [3.8, 4) is 5.75 Å². The average molecular weight is 270 g/mol. The summed E-state index contributed by atoms with van der Waals surface area (Å²) in [6.45, 7) is 4.04. The van der Waals surface area contributed by atoms with Crippen LogP contribution in [0.5, 0.6) is 5.75 Å². The van der Waals surface area contributed by atoms with Crippen LogP contribution in [0, 0.1) is 6.92 Å². The van der Waals surface area contributed by atoms with Gasteiger partial charge in [0.05, 0.1) is 18.2 Å². The first-order valence-corrected chi connectivity index (χ1v) is 6.90. The zero-order valence-corrected chi connectivity index (χ0v) is 11.8. The standard InChI is InChI=1S/C16H18N2O2/c1-11-7-13(12(2)19)3-6-16(11)20-9-15-8-17-10-18(15)14-4-5-14/h3,6-8,10,14H,4-5,9H2,1-2H3. The average Bonchev–Trinajstić information content (AvgIpc) is 3.16. The second-order valence-corrected chi connectivity index (χ2v) is 5.35. The van der Waals surface area contributed by atoms with E-state index < -0.39 is 0 Å². The molecule has 1 aromatic heterocycles. The van der Waals surface area contributed by atoms with Gasteiger partial charge in [0.1, 0.15) is 12.4 Å². The second kappa shape index (κ2) is 5.12. The van der Waals surface area contributed by atoms with Crippen LogP contribution in [0.2, 0.25) is 0 Å². The van der Waals surface area contributed by atoms with Crippen LogP contribution in [-0.2, 0) is 6.61 Å². The summed E-state index contributed by atoms with van der Waals surface area (Å²) in [5, 5.41) is 0. The number of nitrogens with zero attached hydrogens (tertiary/aromatic N) is 2. The number of aryl methyl sites for hydroxylation is 1. The smallest absolute Gasteiger partial charge is 0.159 e. The Kier molecular flexibility index (Phi) is 3.30. The molecule has 2 aromatic rings. The van der Waals surface area contributed by atoms with Crippen LogP contribution < -0.4 is 4.74 Å². The summed E-state index contributed by atoms with van der Waals surface area (Å²) in [5.41, 5.74) is 2.80. The van der Waals surface area contributed by atoms with E-state index in [1.54, 1.807) is 6.92 Å². The van der Waals surface area contributed by atoms with Gasteiger partial charge in [-0.05, 0) is 50.5 Å². The predicted molar refractivity (Wildman–Crippen MR) is 76.0 cm³/mol. The molecule has 0 saturated heterocycles. The highest BCUT2D eigenvalue weighted by molar-refractivity contribution is 5.94. The van der Waals surface area contributed by atoms with Gasteiger partial charge in [0.2, 0.25) is 0 Å². The monoisotopic (exact) mass is 270 g/mol. The zero-order valence-electron chi connectivity index (χ0n) is 11.8. The van der Waals surface area contributed by atoms with Crippen molar-refractivity contribution in [2.75, 3.05) is 0 Å². The Morgan fingerprint density at radius 1 is 1.45 bits per heavy atom. The first-order chi connectivity index (χ1) is 9.65. The van der Waals surface area contributed by atoms with E-state index in [-0.39, 0.29) is 5.78 Å². The lowest BCUT2D eigenvalue weighted by atomic mass is 10.1. The Balaban J connectivity index is 1.71. The molecule has 1 heterocycles. The van der Waals surface area contributed by atoms with Crippen LogP contribution >= 0.6 is 0 Å². The van der Waals surface area contributed by atoms with Crippen molar-refractivity contribution in [1.29, 1.82) is 0 Å². The Morgan fingerprint density at radius 3 is 2.90 bits per heavy atom. The molecule has 1 saturated carbocycles. The molecular weight excluding hydrogens is 252 g/mol. The highest BCUT2D eigenvalue weighted by Gasteiger charge is 2.25. The third kappa shape index (κ3) is 2.59. The number of ether oxygens (including phenoxy) is 1. The highest BCUT2D eigenvalue weighted by atomic mass is 16.5. The van der Waals surface area contributed by atoms with Crippen LogP contribution in [0.3, 0.4) is 0 Å². The molecule has 0 bridgehead atoms. The summed E-state index contributed by atoms with van der Waals surface area (Å²) in [6, 6.07) is 6.15. The van der Waals surface area contributed by atoms with E-state index in [9.17, 15) is 4.79 Å². The molecule has 0 N–H and O–H groups in total. The minimum absolute atomic E-state index is 0.0754. The van der Waals surface area contributed by atoms with Crippen LogP contribution in [-0.4, -0.2) is 15.3 Å². The lowest BCUT2D eigenvalue weighted by Crippen LogP contribution is -2.04. The lowest BCUT2D eigenvalue weighted by molar-refractivity contribution is 0.101. The number of hydrogen-bond acceptors (Lipinski definition) is 3. The van der Waals surface area contributed by atoms with Crippen molar-refractivity contribution in [1.82, 2.24) is 9.55 Å². The highest BCUT2D eigenvalue weighted by Crippen LogP contribution is 2.35. The minimum atomic E-state index is 0.0754. The Morgan fingerprint density at radius 2 is 2.25 bits per heavy atom. The number of hydrogen-bond donors (Lipinski definition) is 0. The predicted octanol–water partition coefficient (Wildman–Crippen LogP) is 3.31. The molecule has 0 radical (unpaired) electrons. The largest absolute Gasteiger partial charge is 0.487 e. The second-order valence-electron chi connectivity index (χ2n) is 5.35. The molecule has 20 heavy (non-hydrogen) atoms. The van der Waals surface area contributed by atoms with Crippen molar-refractivity contribution < 1.29 is 9.53 Å². The van der Waals surface area contributed by atoms with Gasteiger partial charge in [0.25, 0.3) is 0 Å². The number of Topliss-reactive ketones (excluding diaryl/α,β-unsaturated/α-hetero) is 1. The molecule has 0 spiro atoms. The molecule has 1 fully saturated rings. The van der Waals surface area contributed by atoms with Gasteiger partial charge in [-0.25, -0.2) is 4.98 Å². The van der Waals surface area contributed by atoms with Gasteiger partial charge in [0.15, 0.2) is 5.78 Å². The minimum Gasteiger partial charge on any atom is -0.487 e. The fourth-order valence-corrected chi connectivity index (χ4v) is 2.31. The van der Waals surface area contributed by atoms with Crippen molar-refractivity contribution in [3.63, 3.8) is 0 Å². The Labute approximate surface area is 118 Å². The number of carbonyl (C=O) groups is 1. The number of aromatic nitrogens is 2. The van der Waals surface area contributed by atoms with Crippen LogP contribution in [0.25, 0.3) is 0 Å². The number of benzene rings is 1. The van der Waals surface area contributed by atoms with Crippen LogP contribution in [0.1, 0.15) is 47.4 Å². The third-order valence-electron chi connectivity index (χ3n) is 3.64. The van der Waals surface area contributed by atoms with Gasteiger partial charge in [-0.3, -0.25) is 4.79 Å². The quantitative estimate of drug-likeness (QED) is 0.783. The normalized spacial score (nSPS) is 14.3. The first kappa shape index (κ1) is 12.9. The molecule has 0 unspecified atom stereocenters.